The van der Waals surface area contributed by atoms with E-state index in [1.54, 1.807) is 11.8 Å². The topological polar surface area (TPSA) is 29.1 Å². The van der Waals surface area contributed by atoms with Gasteiger partial charge in [0, 0.05) is 0 Å². The van der Waals surface area contributed by atoms with Crippen molar-refractivity contribution in [2.24, 2.45) is 0 Å². The standard InChI is InChI=1S/C10H11NOS/c1-7-2-4-8(5-3-7)10-11-9(12)6-13-10/h2-5,10H,6H2,1H3,(H,11,12). The van der Waals surface area contributed by atoms with Crippen molar-refractivity contribution in [2.45, 2.75) is 12.3 Å². The predicted octanol–water partition coefficient (Wildman–Crippen LogP) is 1.86. The van der Waals surface area contributed by atoms with Gasteiger partial charge in [-0.1, -0.05) is 29.8 Å². The first-order chi connectivity index (χ1) is 6.25. The van der Waals surface area contributed by atoms with Crippen molar-refractivity contribution >= 4 is 17.7 Å². The summed E-state index contributed by atoms with van der Waals surface area (Å²) in [5.74, 6) is 0.717. The Balaban J connectivity index is 2.17. The summed E-state index contributed by atoms with van der Waals surface area (Å²) in [6.07, 6.45) is 0. The van der Waals surface area contributed by atoms with Crippen LogP contribution in [0.4, 0.5) is 0 Å². The summed E-state index contributed by atoms with van der Waals surface area (Å²) in [6, 6.07) is 8.28. The number of aryl methyl sites for hydroxylation is 1. The first-order valence-corrected chi connectivity index (χ1v) is 5.28. The molecular weight excluding hydrogens is 182 g/mol. The van der Waals surface area contributed by atoms with Crippen molar-refractivity contribution in [1.29, 1.82) is 0 Å². The molecule has 1 heterocycles. The van der Waals surface area contributed by atoms with Gasteiger partial charge in [-0.05, 0) is 12.5 Å². The van der Waals surface area contributed by atoms with Crippen LogP contribution >= 0.6 is 11.8 Å². The van der Waals surface area contributed by atoms with Crippen LogP contribution in [-0.2, 0) is 4.79 Å². The maximum atomic E-state index is 11.0. The lowest BCUT2D eigenvalue weighted by atomic mass is 10.1. The minimum Gasteiger partial charge on any atom is -0.339 e. The molecule has 1 atom stereocenters. The van der Waals surface area contributed by atoms with Crippen molar-refractivity contribution < 1.29 is 4.79 Å². The summed E-state index contributed by atoms with van der Waals surface area (Å²) in [5.41, 5.74) is 2.43. The maximum absolute atomic E-state index is 11.0. The Bertz CT molecular complexity index is 320. The van der Waals surface area contributed by atoms with Crippen molar-refractivity contribution in [3.8, 4) is 0 Å². The van der Waals surface area contributed by atoms with E-state index >= 15 is 0 Å². The quantitative estimate of drug-likeness (QED) is 0.737. The summed E-state index contributed by atoms with van der Waals surface area (Å²) in [5, 5.41) is 3.07. The van der Waals surface area contributed by atoms with Gasteiger partial charge in [0.2, 0.25) is 5.91 Å². The Kier molecular flexibility index (Phi) is 2.27. The largest absolute Gasteiger partial charge is 0.339 e. The van der Waals surface area contributed by atoms with Gasteiger partial charge in [-0.25, -0.2) is 0 Å². The Hall–Kier alpha value is -0.960. The van der Waals surface area contributed by atoms with Crippen molar-refractivity contribution in [3.63, 3.8) is 0 Å². The number of amides is 1. The average molecular weight is 193 g/mol. The van der Waals surface area contributed by atoms with Gasteiger partial charge < -0.3 is 5.32 Å². The van der Waals surface area contributed by atoms with Crippen LogP contribution in [0, 0.1) is 6.92 Å². The number of carbonyl (C=O) groups is 1. The van der Waals surface area contributed by atoms with Crippen LogP contribution < -0.4 is 5.32 Å². The Morgan fingerprint density at radius 2 is 2.08 bits per heavy atom. The molecule has 0 aromatic heterocycles. The normalized spacial score (nSPS) is 21.6. The number of benzene rings is 1. The smallest absolute Gasteiger partial charge is 0.231 e. The van der Waals surface area contributed by atoms with Gasteiger partial charge in [-0.2, -0.15) is 0 Å². The third-order valence-electron chi connectivity index (χ3n) is 2.05. The molecule has 1 fully saturated rings. The van der Waals surface area contributed by atoms with E-state index in [1.807, 2.05) is 0 Å². The molecule has 0 spiro atoms. The van der Waals surface area contributed by atoms with Gasteiger partial charge in [0.15, 0.2) is 0 Å². The second-order valence-electron chi connectivity index (χ2n) is 3.17. The molecule has 3 heteroatoms. The van der Waals surface area contributed by atoms with Crippen LogP contribution in [-0.4, -0.2) is 11.7 Å². The van der Waals surface area contributed by atoms with Crippen molar-refractivity contribution in [1.82, 2.24) is 5.32 Å². The fraction of sp³-hybridized carbons (Fsp3) is 0.300. The number of carbonyl (C=O) groups excluding carboxylic acids is 1. The van der Waals surface area contributed by atoms with Crippen LogP contribution in [0.3, 0.4) is 0 Å². The van der Waals surface area contributed by atoms with Crippen molar-refractivity contribution in [2.75, 3.05) is 5.75 Å². The number of hydrogen-bond acceptors (Lipinski definition) is 2. The van der Waals surface area contributed by atoms with Crippen LogP contribution in [0.1, 0.15) is 16.5 Å². The SMILES string of the molecule is Cc1ccc(C2NC(=O)CS2)cc1. The molecule has 0 aliphatic carbocycles. The van der Waals surface area contributed by atoms with E-state index in [1.165, 1.54) is 11.1 Å². The highest BCUT2D eigenvalue weighted by atomic mass is 32.2. The van der Waals surface area contributed by atoms with E-state index < -0.39 is 0 Å². The highest BCUT2D eigenvalue weighted by Crippen LogP contribution is 2.30. The minimum absolute atomic E-state index is 0.135. The molecule has 0 radical (unpaired) electrons. The molecule has 0 bridgehead atoms. The number of hydrogen-bond donors (Lipinski definition) is 1. The highest BCUT2D eigenvalue weighted by Gasteiger charge is 2.22. The van der Waals surface area contributed by atoms with E-state index in [0.29, 0.717) is 5.75 Å². The Labute approximate surface area is 81.7 Å². The molecule has 1 aliphatic heterocycles. The van der Waals surface area contributed by atoms with Gasteiger partial charge in [0.25, 0.3) is 0 Å². The average Bonchev–Trinajstić information content (AvgIpc) is 2.53. The molecule has 68 valence electrons. The second-order valence-corrected chi connectivity index (χ2v) is 4.26. The molecule has 1 N–H and O–H groups in total. The summed E-state index contributed by atoms with van der Waals surface area (Å²) in [4.78, 5) is 11.0. The first kappa shape index (κ1) is 8.63. The zero-order chi connectivity index (χ0) is 9.26. The second kappa shape index (κ2) is 3.42. The summed E-state index contributed by atoms with van der Waals surface area (Å²) < 4.78 is 0. The van der Waals surface area contributed by atoms with E-state index in [2.05, 4.69) is 36.5 Å². The maximum Gasteiger partial charge on any atom is 0.231 e. The van der Waals surface area contributed by atoms with E-state index in [-0.39, 0.29) is 11.3 Å². The van der Waals surface area contributed by atoms with Gasteiger partial charge in [-0.3, -0.25) is 4.79 Å². The first-order valence-electron chi connectivity index (χ1n) is 4.23. The Morgan fingerprint density at radius 3 is 2.62 bits per heavy atom. The fourth-order valence-corrected chi connectivity index (χ4v) is 2.28. The zero-order valence-corrected chi connectivity index (χ0v) is 8.23. The zero-order valence-electron chi connectivity index (χ0n) is 7.41. The van der Waals surface area contributed by atoms with Gasteiger partial charge in [-0.15, -0.1) is 11.8 Å². The predicted molar refractivity (Wildman–Crippen MR) is 54.5 cm³/mol. The Morgan fingerprint density at radius 1 is 1.38 bits per heavy atom. The lowest BCUT2D eigenvalue weighted by Crippen LogP contribution is -2.18. The lowest BCUT2D eigenvalue weighted by Gasteiger charge is -2.08. The molecule has 2 nitrogen and oxygen atoms in total. The molecule has 0 saturated carbocycles. The summed E-state index contributed by atoms with van der Waals surface area (Å²) >= 11 is 1.65. The molecule has 1 aliphatic rings. The van der Waals surface area contributed by atoms with Crippen molar-refractivity contribution in [3.05, 3.63) is 35.4 Å². The van der Waals surface area contributed by atoms with Gasteiger partial charge in [0.1, 0.15) is 5.37 Å². The minimum atomic E-state index is 0.135. The van der Waals surface area contributed by atoms with Crippen LogP contribution in [0.5, 0.6) is 0 Å². The monoisotopic (exact) mass is 193 g/mol. The van der Waals surface area contributed by atoms with Gasteiger partial charge >= 0.3 is 0 Å². The molecule has 13 heavy (non-hydrogen) atoms. The van der Waals surface area contributed by atoms with E-state index in [0.717, 1.165) is 0 Å². The van der Waals surface area contributed by atoms with E-state index in [4.69, 9.17) is 0 Å². The molecule has 1 aromatic rings. The summed E-state index contributed by atoms with van der Waals surface area (Å²) in [7, 11) is 0. The molecule has 1 saturated heterocycles. The third-order valence-corrected chi connectivity index (χ3v) is 3.21. The molecule has 1 unspecified atom stereocenters. The third kappa shape index (κ3) is 1.86. The molecule has 1 aromatic carbocycles. The molecule has 2 rings (SSSR count). The highest BCUT2D eigenvalue weighted by molar-refractivity contribution is 8.00. The number of thioether (sulfide) groups is 1. The van der Waals surface area contributed by atoms with Crippen LogP contribution in [0.2, 0.25) is 0 Å². The lowest BCUT2D eigenvalue weighted by molar-refractivity contribution is -0.118. The van der Waals surface area contributed by atoms with Crippen LogP contribution in [0.25, 0.3) is 0 Å². The van der Waals surface area contributed by atoms with Crippen LogP contribution in [0.15, 0.2) is 24.3 Å². The van der Waals surface area contributed by atoms with E-state index in [9.17, 15) is 4.79 Å². The number of nitrogens with one attached hydrogen (secondary N) is 1. The van der Waals surface area contributed by atoms with Gasteiger partial charge in [0.05, 0.1) is 5.75 Å². The molecular formula is C10H11NOS. The summed E-state index contributed by atoms with van der Waals surface area (Å²) in [6.45, 7) is 2.06. The number of rotatable bonds is 1. The fourth-order valence-electron chi connectivity index (χ4n) is 1.31. The molecule has 1 amide bonds.